The molecule has 3 nitrogen and oxygen atoms in total. The zero-order chi connectivity index (χ0) is 11.7. The van der Waals surface area contributed by atoms with Crippen LogP contribution in [0.4, 0.5) is 0 Å². The summed E-state index contributed by atoms with van der Waals surface area (Å²) in [6.07, 6.45) is 0.461. The third-order valence-electron chi connectivity index (χ3n) is 2.25. The Morgan fingerprint density at radius 1 is 1.44 bits per heavy atom. The smallest absolute Gasteiger partial charge is 0.162 e. The maximum absolute atomic E-state index is 11.1. The van der Waals surface area contributed by atoms with Crippen molar-refractivity contribution in [2.75, 3.05) is 0 Å². The summed E-state index contributed by atoms with van der Waals surface area (Å²) in [5.74, 6) is 1.81. The Kier molecular flexibility index (Phi) is 2.92. The minimum atomic E-state index is 0.161. The van der Waals surface area contributed by atoms with Gasteiger partial charge >= 0.3 is 0 Å². The summed E-state index contributed by atoms with van der Waals surface area (Å²) < 4.78 is 5.51. The number of aryl methyl sites for hydroxylation is 2. The molecule has 0 spiro atoms. The number of Topliss-reactive ketones (excluding diaryl/α,β-unsaturated/α-hetero) is 1. The van der Waals surface area contributed by atoms with Crippen LogP contribution < -0.4 is 0 Å². The Balaban J connectivity index is 2.33. The summed E-state index contributed by atoms with van der Waals surface area (Å²) >= 11 is 1.53. The molecule has 0 radical (unpaired) electrons. The Morgan fingerprint density at radius 2 is 2.19 bits per heavy atom. The van der Waals surface area contributed by atoms with Crippen molar-refractivity contribution in [2.45, 2.75) is 27.2 Å². The van der Waals surface area contributed by atoms with Gasteiger partial charge < -0.3 is 4.42 Å². The highest BCUT2D eigenvalue weighted by Gasteiger charge is 2.13. The number of thiazole rings is 1. The van der Waals surface area contributed by atoms with E-state index < -0.39 is 0 Å². The highest BCUT2D eigenvalue weighted by atomic mass is 32.1. The zero-order valence-electron chi connectivity index (χ0n) is 9.53. The Morgan fingerprint density at radius 3 is 2.75 bits per heavy atom. The standard InChI is InChI=1S/C12H13NO2S/c1-7(14)6-11-9(3)13-12(16-11)10-5-4-8(2)15-10/h4-5H,6H2,1-3H3. The number of hydrogen-bond acceptors (Lipinski definition) is 4. The lowest BCUT2D eigenvalue weighted by Gasteiger charge is -1.90. The Labute approximate surface area is 98.1 Å². The van der Waals surface area contributed by atoms with E-state index in [9.17, 15) is 4.79 Å². The summed E-state index contributed by atoms with van der Waals surface area (Å²) in [7, 11) is 0. The fraction of sp³-hybridized carbons (Fsp3) is 0.333. The minimum absolute atomic E-state index is 0.161. The van der Waals surface area contributed by atoms with Gasteiger partial charge in [0.15, 0.2) is 10.8 Å². The number of furan rings is 1. The molecule has 2 heterocycles. The third-order valence-corrected chi connectivity index (χ3v) is 3.43. The van der Waals surface area contributed by atoms with Gasteiger partial charge in [0, 0.05) is 11.3 Å². The molecule has 84 valence electrons. The Bertz CT molecular complexity index is 525. The number of nitrogens with zero attached hydrogens (tertiary/aromatic N) is 1. The lowest BCUT2D eigenvalue weighted by molar-refractivity contribution is -0.116. The van der Waals surface area contributed by atoms with Crippen molar-refractivity contribution in [1.82, 2.24) is 4.98 Å². The van der Waals surface area contributed by atoms with Gasteiger partial charge in [0.05, 0.1) is 5.69 Å². The van der Waals surface area contributed by atoms with Gasteiger partial charge in [-0.05, 0) is 32.9 Å². The zero-order valence-corrected chi connectivity index (χ0v) is 10.4. The van der Waals surface area contributed by atoms with Crippen LogP contribution in [0, 0.1) is 13.8 Å². The topological polar surface area (TPSA) is 43.1 Å². The molecule has 2 aromatic heterocycles. The highest BCUT2D eigenvalue weighted by molar-refractivity contribution is 7.15. The first-order valence-corrected chi connectivity index (χ1v) is 5.90. The van der Waals surface area contributed by atoms with Gasteiger partial charge in [-0.15, -0.1) is 11.3 Å². The molecule has 2 rings (SSSR count). The number of carbonyl (C=O) groups excluding carboxylic acids is 1. The maximum Gasteiger partial charge on any atom is 0.162 e. The summed E-state index contributed by atoms with van der Waals surface area (Å²) in [5, 5.41) is 0.849. The number of ketones is 1. The van der Waals surface area contributed by atoms with Crippen LogP contribution >= 0.6 is 11.3 Å². The average Bonchev–Trinajstić information content (AvgIpc) is 2.74. The van der Waals surface area contributed by atoms with Crippen LogP contribution in [0.5, 0.6) is 0 Å². The van der Waals surface area contributed by atoms with Gasteiger partial charge in [-0.3, -0.25) is 4.79 Å². The molecule has 0 aliphatic carbocycles. The van der Waals surface area contributed by atoms with Crippen LogP contribution in [0.15, 0.2) is 16.5 Å². The quantitative estimate of drug-likeness (QED) is 0.820. The van der Waals surface area contributed by atoms with Crippen LogP contribution in [-0.4, -0.2) is 10.8 Å². The Hall–Kier alpha value is -1.42. The monoisotopic (exact) mass is 235 g/mol. The van der Waals surface area contributed by atoms with Gasteiger partial charge in [-0.1, -0.05) is 0 Å². The predicted octanol–water partition coefficient (Wildman–Crippen LogP) is 3.15. The molecule has 0 unspecified atom stereocenters. The molecule has 0 bridgehead atoms. The fourth-order valence-electron chi connectivity index (χ4n) is 1.47. The molecule has 0 atom stereocenters. The molecule has 0 saturated carbocycles. The second-order valence-corrected chi connectivity index (χ2v) is 4.90. The molecule has 0 aliphatic heterocycles. The normalized spacial score (nSPS) is 10.7. The van der Waals surface area contributed by atoms with Crippen LogP contribution in [-0.2, 0) is 11.2 Å². The second kappa shape index (κ2) is 4.22. The summed E-state index contributed by atoms with van der Waals surface area (Å²) in [4.78, 5) is 16.5. The van der Waals surface area contributed by atoms with E-state index in [4.69, 9.17) is 4.42 Å². The molecular weight excluding hydrogens is 222 g/mol. The van der Waals surface area contributed by atoms with Crippen molar-refractivity contribution >= 4 is 17.1 Å². The molecule has 2 aromatic rings. The van der Waals surface area contributed by atoms with Crippen LogP contribution in [0.2, 0.25) is 0 Å². The predicted molar refractivity (Wildman–Crippen MR) is 63.7 cm³/mol. The van der Waals surface area contributed by atoms with Gasteiger partial charge in [-0.25, -0.2) is 4.98 Å². The maximum atomic E-state index is 11.1. The summed E-state index contributed by atoms with van der Waals surface area (Å²) in [5.41, 5.74) is 0.921. The lowest BCUT2D eigenvalue weighted by Crippen LogP contribution is -1.94. The molecule has 0 aromatic carbocycles. The summed E-state index contributed by atoms with van der Waals surface area (Å²) in [6.45, 7) is 5.42. The molecule has 0 fully saturated rings. The van der Waals surface area contributed by atoms with E-state index in [-0.39, 0.29) is 5.78 Å². The van der Waals surface area contributed by atoms with E-state index >= 15 is 0 Å². The van der Waals surface area contributed by atoms with E-state index in [1.807, 2.05) is 26.0 Å². The van der Waals surface area contributed by atoms with Crippen molar-refractivity contribution in [3.63, 3.8) is 0 Å². The molecule has 0 amide bonds. The first-order valence-electron chi connectivity index (χ1n) is 5.09. The highest BCUT2D eigenvalue weighted by Crippen LogP contribution is 2.29. The van der Waals surface area contributed by atoms with Gasteiger partial charge in [0.2, 0.25) is 0 Å². The molecule has 16 heavy (non-hydrogen) atoms. The van der Waals surface area contributed by atoms with Crippen LogP contribution in [0.3, 0.4) is 0 Å². The van der Waals surface area contributed by atoms with Gasteiger partial charge in [0.1, 0.15) is 11.5 Å². The van der Waals surface area contributed by atoms with Gasteiger partial charge in [0.25, 0.3) is 0 Å². The lowest BCUT2D eigenvalue weighted by atomic mass is 10.2. The molecule has 0 N–H and O–H groups in total. The fourth-order valence-corrected chi connectivity index (χ4v) is 2.57. The van der Waals surface area contributed by atoms with Crippen molar-refractivity contribution < 1.29 is 9.21 Å². The first-order chi connectivity index (χ1) is 7.56. The third kappa shape index (κ3) is 2.22. The van der Waals surface area contributed by atoms with Crippen LogP contribution in [0.1, 0.15) is 23.3 Å². The summed E-state index contributed by atoms with van der Waals surface area (Å²) in [6, 6.07) is 3.82. The van der Waals surface area contributed by atoms with E-state index in [0.29, 0.717) is 6.42 Å². The largest absolute Gasteiger partial charge is 0.459 e. The van der Waals surface area contributed by atoms with E-state index in [2.05, 4.69) is 4.98 Å². The molecule has 4 heteroatoms. The average molecular weight is 235 g/mol. The van der Waals surface area contributed by atoms with Gasteiger partial charge in [-0.2, -0.15) is 0 Å². The minimum Gasteiger partial charge on any atom is -0.459 e. The van der Waals surface area contributed by atoms with Crippen molar-refractivity contribution in [3.8, 4) is 10.8 Å². The number of aromatic nitrogens is 1. The number of rotatable bonds is 3. The van der Waals surface area contributed by atoms with E-state index in [1.54, 1.807) is 6.92 Å². The van der Waals surface area contributed by atoms with E-state index in [1.165, 1.54) is 11.3 Å². The number of carbonyl (C=O) groups is 1. The molecule has 0 saturated heterocycles. The first kappa shape index (κ1) is 11.1. The number of hydrogen-bond donors (Lipinski definition) is 0. The van der Waals surface area contributed by atoms with Crippen LogP contribution in [0.25, 0.3) is 10.8 Å². The van der Waals surface area contributed by atoms with Crippen molar-refractivity contribution in [1.29, 1.82) is 0 Å². The second-order valence-electron chi connectivity index (χ2n) is 3.82. The molecular formula is C12H13NO2S. The van der Waals surface area contributed by atoms with Crippen molar-refractivity contribution in [2.24, 2.45) is 0 Å². The molecule has 0 aliphatic rings. The SMILES string of the molecule is CC(=O)Cc1sc(-c2ccc(C)o2)nc1C. The van der Waals surface area contributed by atoms with Crippen molar-refractivity contribution in [3.05, 3.63) is 28.5 Å². The van der Waals surface area contributed by atoms with E-state index in [0.717, 1.165) is 27.1 Å².